The van der Waals surface area contributed by atoms with Gasteiger partial charge in [0.1, 0.15) is 0 Å². The third-order valence-corrected chi connectivity index (χ3v) is 5.02. The summed E-state index contributed by atoms with van der Waals surface area (Å²) in [6.07, 6.45) is 4.82. The Balaban J connectivity index is 2.21. The maximum Gasteiger partial charge on any atom is 0.150 e. The van der Waals surface area contributed by atoms with Crippen LogP contribution in [0, 0.1) is 5.92 Å². The molecule has 0 fully saturated rings. The van der Waals surface area contributed by atoms with Crippen molar-refractivity contribution in [2.75, 3.05) is 11.5 Å². The van der Waals surface area contributed by atoms with Crippen LogP contribution in [0.3, 0.4) is 0 Å². The minimum absolute atomic E-state index is 0.279. The predicted molar refractivity (Wildman–Crippen MR) is 82.1 cm³/mol. The van der Waals surface area contributed by atoms with Gasteiger partial charge in [-0.25, -0.2) is 8.42 Å². The first-order valence-corrected chi connectivity index (χ1v) is 9.06. The lowest BCUT2D eigenvalue weighted by atomic mass is 10.1. The molecular formula is C16H26O2S. The van der Waals surface area contributed by atoms with E-state index in [4.69, 9.17) is 0 Å². The second-order valence-corrected chi connectivity index (χ2v) is 7.93. The van der Waals surface area contributed by atoms with Crippen molar-refractivity contribution in [3.05, 3.63) is 35.9 Å². The molecule has 0 spiro atoms. The standard InChI is InChI=1S/C16H26O2S/c1-15(2)9-5-4-8-13-19(17,18)14-12-16-10-6-3-7-11-16/h3,6-7,10-11,15H,4-5,8-9,12-14H2,1-2H3. The summed E-state index contributed by atoms with van der Waals surface area (Å²) >= 11 is 0. The summed E-state index contributed by atoms with van der Waals surface area (Å²) < 4.78 is 23.8. The molecule has 0 aliphatic heterocycles. The van der Waals surface area contributed by atoms with Gasteiger partial charge < -0.3 is 0 Å². The lowest BCUT2D eigenvalue weighted by Crippen LogP contribution is -2.13. The first-order chi connectivity index (χ1) is 8.99. The van der Waals surface area contributed by atoms with E-state index in [2.05, 4.69) is 13.8 Å². The van der Waals surface area contributed by atoms with E-state index in [9.17, 15) is 8.42 Å². The Morgan fingerprint density at radius 3 is 2.26 bits per heavy atom. The Morgan fingerprint density at radius 1 is 0.947 bits per heavy atom. The van der Waals surface area contributed by atoms with Gasteiger partial charge in [0.05, 0.1) is 11.5 Å². The number of rotatable bonds is 9. The van der Waals surface area contributed by atoms with Crippen molar-refractivity contribution in [1.82, 2.24) is 0 Å². The number of sulfone groups is 1. The van der Waals surface area contributed by atoms with E-state index in [1.54, 1.807) is 0 Å². The topological polar surface area (TPSA) is 34.1 Å². The SMILES string of the molecule is CC(C)CCCCCS(=O)(=O)CCc1ccccc1. The molecular weight excluding hydrogens is 256 g/mol. The summed E-state index contributed by atoms with van der Waals surface area (Å²) in [4.78, 5) is 0. The zero-order valence-electron chi connectivity index (χ0n) is 12.1. The van der Waals surface area contributed by atoms with Gasteiger partial charge in [-0.3, -0.25) is 0 Å². The molecule has 0 aliphatic carbocycles. The van der Waals surface area contributed by atoms with Crippen LogP contribution in [0.25, 0.3) is 0 Å². The van der Waals surface area contributed by atoms with Crippen LogP contribution in [0.5, 0.6) is 0 Å². The molecule has 0 N–H and O–H groups in total. The van der Waals surface area contributed by atoms with Gasteiger partial charge in [-0.15, -0.1) is 0 Å². The van der Waals surface area contributed by atoms with Crippen molar-refractivity contribution in [2.45, 2.75) is 46.0 Å². The average molecular weight is 282 g/mol. The van der Waals surface area contributed by atoms with Crippen molar-refractivity contribution in [3.8, 4) is 0 Å². The Morgan fingerprint density at radius 2 is 1.63 bits per heavy atom. The maximum atomic E-state index is 11.9. The van der Waals surface area contributed by atoms with Crippen LogP contribution >= 0.6 is 0 Å². The van der Waals surface area contributed by atoms with E-state index in [1.807, 2.05) is 30.3 Å². The molecule has 0 saturated carbocycles. The third-order valence-electron chi connectivity index (χ3n) is 3.28. The molecule has 19 heavy (non-hydrogen) atoms. The van der Waals surface area contributed by atoms with Crippen molar-refractivity contribution < 1.29 is 8.42 Å². The highest BCUT2D eigenvalue weighted by molar-refractivity contribution is 7.91. The van der Waals surface area contributed by atoms with E-state index in [1.165, 1.54) is 6.42 Å². The van der Waals surface area contributed by atoms with Gasteiger partial charge in [-0.1, -0.05) is 63.4 Å². The van der Waals surface area contributed by atoms with Gasteiger partial charge in [0.2, 0.25) is 0 Å². The van der Waals surface area contributed by atoms with Gasteiger partial charge >= 0.3 is 0 Å². The summed E-state index contributed by atoms with van der Waals surface area (Å²) in [7, 11) is -2.88. The first kappa shape index (κ1) is 16.2. The molecule has 0 unspecified atom stereocenters. The smallest absolute Gasteiger partial charge is 0.150 e. The molecule has 0 aromatic heterocycles. The van der Waals surface area contributed by atoms with Gasteiger partial charge in [-0.05, 0) is 24.3 Å². The van der Waals surface area contributed by atoms with E-state index in [0.717, 1.165) is 30.7 Å². The fraction of sp³-hybridized carbons (Fsp3) is 0.625. The zero-order valence-corrected chi connectivity index (χ0v) is 13.0. The molecule has 108 valence electrons. The fourth-order valence-electron chi connectivity index (χ4n) is 2.07. The van der Waals surface area contributed by atoms with Gasteiger partial charge in [0.25, 0.3) is 0 Å². The zero-order chi connectivity index (χ0) is 14.1. The number of hydrogen-bond donors (Lipinski definition) is 0. The number of aryl methyl sites for hydroxylation is 1. The van der Waals surface area contributed by atoms with E-state index < -0.39 is 9.84 Å². The average Bonchev–Trinajstić information content (AvgIpc) is 2.37. The van der Waals surface area contributed by atoms with E-state index in [0.29, 0.717) is 12.2 Å². The molecule has 1 aromatic rings. The quantitative estimate of drug-likeness (QED) is 0.644. The molecule has 2 nitrogen and oxygen atoms in total. The third kappa shape index (κ3) is 8.04. The molecule has 3 heteroatoms. The molecule has 1 aromatic carbocycles. The van der Waals surface area contributed by atoms with Crippen molar-refractivity contribution in [3.63, 3.8) is 0 Å². The van der Waals surface area contributed by atoms with Gasteiger partial charge in [0, 0.05) is 0 Å². The molecule has 0 heterocycles. The lowest BCUT2D eigenvalue weighted by molar-refractivity contribution is 0.531. The van der Waals surface area contributed by atoms with Crippen molar-refractivity contribution in [1.29, 1.82) is 0 Å². The highest BCUT2D eigenvalue weighted by Crippen LogP contribution is 2.10. The second kappa shape index (κ2) is 8.36. The molecule has 0 aliphatic rings. The van der Waals surface area contributed by atoms with Crippen molar-refractivity contribution >= 4 is 9.84 Å². The molecule has 0 bridgehead atoms. The van der Waals surface area contributed by atoms with Crippen LogP contribution in [0.15, 0.2) is 30.3 Å². The normalized spacial score (nSPS) is 11.9. The molecule has 1 rings (SSSR count). The fourth-order valence-corrected chi connectivity index (χ4v) is 3.47. The van der Waals surface area contributed by atoms with E-state index in [-0.39, 0.29) is 5.75 Å². The van der Waals surface area contributed by atoms with Crippen LogP contribution in [0.4, 0.5) is 0 Å². The van der Waals surface area contributed by atoms with Crippen LogP contribution in [-0.4, -0.2) is 19.9 Å². The number of benzene rings is 1. The number of unbranched alkanes of at least 4 members (excludes halogenated alkanes) is 2. The highest BCUT2D eigenvalue weighted by atomic mass is 32.2. The summed E-state index contributed by atoms with van der Waals surface area (Å²) in [6, 6.07) is 9.82. The first-order valence-electron chi connectivity index (χ1n) is 7.24. The summed E-state index contributed by atoms with van der Waals surface area (Å²) in [6.45, 7) is 4.41. The van der Waals surface area contributed by atoms with Crippen molar-refractivity contribution in [2.24, 2.45) is 5.92 Å². The summed E-state index contributed by atoms with van der Waals surface area (Å²) in [5.74, 6) is 1.34. The molecule has 0 atom stereocenters. The molecule has 0 amide bonds. The van der Waals surface area contributed by atoms with Crippen LogP contribution in [-0.2, 0) is 16.3 Å². The van der Waals surface area contributed by atoms with Crippen LogP contribution in [0.2, 0.25) is 0 Å². The van der Waals surface area contributed by atoms with Gasteiger partial charge in [0.15, 0.2) is 9.84 Å². The van der Waals surface area contributed by atoms with Crippen LogP contribution < -0.4 is 0 Å². The Hall–Kier alpha value is -0.830. The highest BCUT2D eigenvalue weighted by Gasteiger charge is 2.10. The second-order valence-electron chi connectivity index (χ2n) is 5.63. The number of hydrogen-bond acceptors (Lipinski definition) is 2. The Labute approximate surface area is 118 Å². The van der Waals surface area contributed by atoms with Gasteiger partial charge in [-0.2, -0.15) is 0 Å². The largest absolute Gasteiger partial charge is 0.229 e. The Bertz CT molecular complexity index is 435. The minimum Gasteiger partial charge on any atom is -0.229 e. The maximum absolute atomic E-state index is 11.9. The Kier molecular flexibility index (Phi) is 7.14. The van der Waals surface area contributed by atoms with Crippen LogP contribution in [0.1, 0.15) is 45.1 Å². The summed E-state index contributed by atoms with van der Waals surface area (Å²) in [5, 5.41) is 0. The molecule has 0 radical (unpaired) electrons. The minimum atomic E-state index is -2.88. The van der Waals surface area contributed by atoms with E-state index >= 15 is 0 Å². The predicted octanol–water partition coefficient (Wildman–Crippen LogP) is 3.86. The molecule has 0 saturated heterocycles. The summed E-state index contributed by atoms with van der Waals surface area (Å²) in [5.41, 5.74) is 1.10. The monoisotopic (exact) mass is 282 g/mol. The lowest BCUT2D eigenvalue weighted by Gasteiger charge is -2.06.